The average Bonchev–Trinajstić information content (AvgIpc) is 2.35. The second-order valence-electron chi connectivity index (χ2n) is 3.62. The Morgan fingerprint density at radius 2 is 2.16 bits per heavy atom. The molecule has 0 aliphatic heterocycles. The van der Waals surface area contributed by atoms with Crippen LogP contribution in [-0.2, 0) is 15.7 Å². The van der Waals surface area contributed by atoms with Crippen molar-refractivity contribution >= 4 is 23.3 Å². The summed E-state index contributed by atoms with van der Waals surface area (Å²) < 4.78 is 42.9. The van der Waals surface area contributed by atoms with Gasteiger partial charge in [-0.05, 0) is 12.1 Å². The van der Waals surface area contributed by atoms with Gasteiger partial charge in [0.25, 0.3) is 0 Å². The van der Waals surface area contributed by atoms with Gasteiger partial charge in [0.1, 0.15) is 6.04 Å². The third-order valence-electron chi connectivity index (χ3n) is 2.36. The van der Waals surface area contributed by atoms with Crippen LogP contribution in [0.1, 0.15) is 5.56 Å². The molecule has 0 saturated carbocycles. The molecule has 8 heteroatoms. The molecule has 1 atom stereocenters. The van der Waals surface area contributed by atoms with Gasteiger partial charge in [0.2, 0.25) is 0 Å². The van der Waals surface area contributed by atoms with Crippen molar-refractivity contribution in [1.82, 2.24) is 0 Å². The molecule has 0 radical (unpaired) electrons. The minimum Gasteiger partial charge on any atom is -0.467 e. The van der Waals surface area contributed by atoms with Crippen molar-refractivity contribution in [3.8, 4) is 0 Å². The quantitative estimate of drug-likeness (QED) is 0.837. The fourth-order valence-corrected chi connectivity index (χ4v) is 1.67. The van der Waals surface area contributed by atoms with Gasteiger partial charge in [-0.3, -0.25) is 0 Å². The number of rotatable bonds is 4. The molecule has 0 aliphatic carbocycles. The van der Waals surface area contributed by atoms with Crippen LogP contribution in [0.5, 0.6) is 0 Å². The smallest absolute Gasteiger partial charge is 0.418 e. The maximum atomic E-state index is 12.8. The molecule has 0 aromatic heterocycles. The van der Waals surface area contributed by atoms with E-state index in [0.29, 0.717) is 0 Å². The van der Waals surface area contributed by atoms with Crippen LogP contribution in [0, 0.1) is 0 Å². The Labute approximate surface area is 112 Å². The van der Waals surface area contributed by atoms with E-state index in [0.717, 1.165) is 13.2 Å². The number of nitrogens with one attached hydrogen (secondary N) is 1. The molecule has 0 aliphatic rings. The van der Waals surface area contributed by atoms with E-state index in [9.17, 15) is 18.0 Å². The Kier molecular flexibility index (Phi) is 5.02. The van der Waals surface area contributed by atoms with E-state index in [4.69, 9.17) is 17.3 Å². The van der Waals surface area contributed by atoms with Gasteiger partial charge in [-0.2, -0.15) is 13.2 Å². The lowest BCUT2D eigenvalue weighted by atomic mass is 10.1. The number of nitrogens with two attached hydrogens (primary N) is 1. The zero-order valence-electron chi connectivity index (χ0n) is 9.92. The van der Waals surface area contributed by atoms with Crippen LogP contribution in [0.25, 0.3) is 0 Å². The van der Waals surface area contributed by atoms with Crippen molar-refractivity contribution < 1.29 is 22.7 Å². The summed E-state index contributed by atoms with van der Waals surface area (Å²) in [5, 5.41) is 2.22. The second kappa shape index (κ2) is 6.12. The topological polar surface area (TPSA) is 64.3 Å². The Bertz CT molecular complexity index is 466. The molecule has 3 N–H and O–H groups in total. The number of methoxy groups -OCH3 is 1. The van der Waals surface area contributed by atoms with Gasteiger partial charge in [-0.1, -0.05) is 17.7 Å². The average molecular weight is 297 g/mol. The number of anilines is 1. The van der Waals surface area contributed by atoms with Crippen molar-refractivity contribution in [2.45, 2.75) is 12.2 Å². The van der Waals surface area contributed by atoms with Crippen LogP contribution in [0.2, 0.25) is 5.02 Å². The summed E-state index contributed by atoms with van der Waals surface area (Å²) in [5.74, 6) is -0.768. The second-order valence-corrected chi connectivity index (χ2v) is 4.02. The van der Waals surface area contributed by atoms with Crippen LogP contribution in [0.15, 0.2) is 18.2 Å². The molecular weight excluding hydrogens is 285 g/mol. The number of esters is 1. The molecule has 4 nitrogen and oxygen atoms in total. The number of benzene rings is 1. The van der Waals surface area contributed by atoms with Gasteiger partial charge in [0.05, 0.1) is 23.4 Å². The zero-order chi connectivity index (χ0) is 14.6. The van der Waals surface area contributed by atoms with Gasteiger partial charge in [0.15, 0.2) is 0 Å². The van der Waals surface area contributed by atoms with Crippen molar-refractivity contribution in [2.75, 3.05) is 19.0 Å². The van der Waals surface area contributed by atoms with E-state index < -0.39 is 29.4 Å². The molecule has 106 valence electrons. The lowest BCUT2D eigenvalue weighted by Gasteiger charge is -2.20. The highest BCUT2D eigenvalue weighted by Crippen LogP contribution is 2.38. The van der Waals surface area contributed by atoms with Gasteiger partial charge in [-0.15, -0.1) is 0 Å². The van der Waals surface area contributed by atoms with Crippen molar-refractivity contribution in [3.63, 3.8) is 0 Å². The molecule has 1 unspecified atom stereocenters. The highest BCUT2D eigenvalue weighted by atomic mass is 35.5. The number of hydrogen-bond donors (Lipinski definition) is 2. The van der Waals surface area contributed by atoms with Gasteiger partial charge >= 0.3 is 12.1 Å². The number of ether oxygens (including phenoxy) is 1. The Morgan fingerprint density at radius 1 is 1.53 bits per heavy atom. The predicted octanol–water partition coefficient (Wildman–Crippen LogP) is 2.27. The van der Waals surface area contributed by atoms with Crippen LogP contribution in [-0.4, -0.2) is 25.7 Å². The summed E-state index contributed by atoms with van der Waals surface area (Å²) in [4.78, 5) is 11.3. The van der Waals surface area contributed by atoms with Crippen molar-refractivity contribution in [3.05, 3.63) is 28.8 Å². The number of carbonyl (C=O) groups excluding carboxylic acids is 1. The summed E-state index contributed by atoms with van der Waals surface area (Å²) in [6.07, 6.45) is -4.59. The first kappa shape index (κ1) is 15.6. The van der Waals surface area contributed by atoms with Crippen molar-refractivity contribution in [1.29, 1.82) is 0 Å². The molecule has 1 rings (SSSR count). The summed E-state index contributed by atoms with van der Waals surface area (Å²) in [5.41, 5.74) is 3.96. The fourth-order valence-electron chi connectivity index (χ4n) is 1.44. The fraction of sp³-hybridized carbons (Fsp3) is 0.364. The first-order valence-electron chi connectivity index (χ1n) is 5.21. The van der Waals surface area contributed by atoms with E-state index >= 15 is 0 Å². The Hall–Kier alpha value is -1.47. The van der Waals surface area contributed by atoms with Crippen molar-refractivity contribution in [2.24, 2.45) is 5.73 Å². The molecule has 0 amide bonds. The van der Waals surface area contributed by atoms with E-state index in [1.807, 2.05) is 0 Å². The summed E-state index contributed by atoms with van der Waals surface area (Å²) in [6.45, 7) is -0.227. The molecule has 1 aromatic carbocycles. The highest BCUT2D eigenvalue weighted by Gasteiger charge is 2.35. The third-order valence-corrected chi connectivity index (χ3v) is 2.67. The number of hydrogen-bond acceptors (Lipinski definition) is 4. The van der Waals surface area contributed by atoms with E-state index in [1.165, 1.54) is 12.1 Å². The van der Waals surface area contributed by atoms with Gasteiger partial charge in [0, 0.05) is 6.54 Å². The first-order chi connectivity index (χ1) is 8.81. The minimum absolute atomic E-state index is 0.155. The van der Waals surface area contributed by atoms with E-state index in [1.54, 1.807) is 0 Å². The predicted molar refractivity (Wildman–Crippen MR) is 64.9 cm³/mol. The lowest BCUT2D eigenvalue weighted by molar-refractivity contribution is -0.142. The molecule has 0 spiro atoms. The largest absolute Gasteiger partial charge is 0.467 e. The Morgan fingerprint density at radius 3 is 2.63 bits per heavy atom. The number of halogens is 4. The van der Waals surface area contributed by atoms with E-state index in [-0.39, 0.29) is 11.6 Å². The molecule has 0 bridgehead atoms. The zero-order valence-corrected chi connectivity index (χ0v) is 10.7. The molecule has 19 heavy (non-hydrogen) atoms. The number of para-hydroxylation sites is 1. The van der Waals surface area contributed by atoms with Gasteiger partial charge < -0.3 is 15.8 Å². The maximum absolute atomic E-state index is 12.8. The van der Waals surface area contributed by atoms with Crippen LogP contribution >= 0.6 is 11.6 Å². The number of carbonyl (C=O) groups is 1. The summed E-state index contributed by atoms with van der Waals surface area (Å²) in [7, 11) is 1.12. The number of alkyl halides is 3. The van der Waals surface area contributed by atoms with Crippen LogP contribution < -0.4 is 11.1 Å². The minimum atomic E-state index is -4.59. The monoisotopic (exact) mass is 296 g/mol. The molecule has 0 fully saturated rings. The van der Waals surface area contributed by atoms with Crippen LogP contribution in [0.4, 0.5) is 18.9 Å². The molecule has 0 heterocycles. The summed E-state index contributed by atoms with van der Waals surface area (Å²) in [6, 6.07) is 2.21. The van der Waals surface area contributed by atoms with E-state index in [2.05, 4.69) is 10.1 Å². The SMILES string of the molecule is COC(=O)C(CN)Nc1c(Cl)cccc1C(F)(F)F. The Balaban J connectivity index is 3.16. The highest BCUT2D eigenvalue weighted by molar-refractivity contribution is 6.33. The van der Waals surface area contributed by atoms with Crippen LogP contribution in [0.3, 0.4) is 0 Å². The third kappa shape index (κ3) is 3.74. The molecular formula is C11H12ClF3N2O2. The lowest BCUT2D eigenvalue weighted by Crippen LogP contribution is -2.38. The maximum Gasteiger partial charge on any atom is 0.418 e. The standard InChI is InChI=1S/C11H12ClF3N2O2/c1-19-10(18)8(5-16)17-9-6(11(13,14)15)3-2-4-7(9)12/h2-4,8,17H,5,16H2,1H3. The van der Waals surface area contributed by atoms with Gasteiger partial charge in [-0.25, -0.2) is 4.79 Å². The summed E-state index contributed by atoms with van der Waals surface area (Å²) >= 11 is 5.73. The normalized spacial score (nSPS) is 12.9. The molecule has 0 saturated heterocycles. The first-order valence-corrected chi connectivity index (χ1v) is 5.59. The molecule has 1 aromatic rings.